The molecular formula is C20H25N. The highest BCUT2D eigenvalue weighted by Crippen LogP contribution is 2.48. The average Bonchev–Trinajstić information content (AvgIpc) is 3.01. The molecule has 2 aromatic rings. The van der Waals surface area contributed by atoms with E-state index < -0.39 is 0 Å². The van der Waals surface area contributed by atoms with Crippen LogP contribution in [0.15, 0.2) is 48.5 Å². The van der Waals surface area contributed by atoms with Crippen molar-refractivity contribution in [2.24, 2.45) is 5.73 Å². The first-order valence-electron chi connectivity index (χ1n) is 8.02. The van der Waals surface area contributed by atoms with Crippen LogP contribution in [0, 0.1) is 13.8 Å². The van der Waals surface area contributed by atoms with Crippen molar-refractivity contribution in [3.8, 4) is 0 Å². The van der Waals surface area contributed by atoms with Gasteiger partial charge in [0.2, 0.25) is 0 Å². The number of rotatable bonds is 3. The molecule has 0 spiro atoms. The molecule has 0 bridgehead atoms. The summed E-state index contributed by atoms with van der Waals surface area (Å²) in [5, 5.41) is 0. The summed E-state index contributed by atoms with van der Waals surface area (Å²) in [7, 11) is 0. The van der Waals surface area contributed by atoms with E-state index in [-0.39, 0.29) is 11.5 Å². The summed E-state index contributed by atoms with van der Waals surface area (Å²) in [5.74, 6) is 0. The van der Waals surface area contributed by atoms with Gasteiger partial charge in [0.15, 0.2) is 0 Å². The van der Waals surface area contributed by atoms with Gasteiger partial charge in [0.25, 0.3) is 0 Å². The van der Waals surface area contributed by atoms with Gasteiger partial charge in [-0.05, 0) is 48.9 Å². The quantitative estimate of drug-likeness (QED) is 0.857. The highest BCUT2D eigenvalue weighted by Gasteiger charge is 2.41. The van der Waals surface area contributed by atoms with Gasteiger partial charge >= 0.3 is 0 Å². The first-order chi connectivity index (χ1) is 10.1. The van der Waals surface area contributed by atoms with Crippen LogP contribution in [0.1, 0.15) is 54.0 Å². The number of benzene rings is 2. The Kier molecular flexibility index (Phi) is 3.86. The molecule has 2 N–H and O–H groups in total. The lowest BCUT2D eigenvalue weighted by atomic mass is 9.70. The number of nitrogens with two attached hydrogens (primary N) is 1. The van der Waals surface area contributed by atoms with Gasteiger partial charge in [-0.3, -0.25) is 0 Å². The van der Waals surface area contributed by atoms with Crippen molar-refractivity contribution in [3.05, 3.63) is 70.8 Å². The van der Waals surface area contributed by atoms with Crippen LogP contribution in [0.5, 0.6) is 0 Å². The van der Waals surface area contributed by atoms with Crippen LogP contribution in [0.3, 0.4) is 0 Å². The summed E-state index contributed by atoms with van der Waals surface area (Å²) in [4.78, 5) is 0. The van der Waals surface area contributed by atoms with Crippen LogP contribution in [-0.2, 0) is 5.41 Å². The Morgan fingerprint density at radius 3 is 2.19 bits per heavy atom. The Morgan fingerprint density at radius 2 is 1.57 bits per heavy atom. The monoisotopic (exact) mass is 279 g/mol. The molecule has 0 aliphatic heterocycles. The van der Waals surface area contributed by atoms with Crippen LogP contribution in [0.4, 0.5) is 0 Å². The van der Waals surface area contributed by atoms with Crippen molar-refractivity contribution in [2.45, 2.75) is 51.0 Å². The first kappa shape index (κ1) is 14.3. The van der Waals surface area contributed by atoms with Gasteiger partial charge in [-0.1, -0.05) is 61.4 Å². The molecule has 1 heteroatoms. The van der Waals surface area contributed by atoms with Crippen molar-refractivity contribution in [1.29, 1.82) is 0 Å². The molecule has 0 saturated heterocycles. The van der Waals surface area contributed by atoms with E-state index >= 15 is 0 Å². The molecule has 1 atom stereocenters. The Hall–Kier alpha value is -1.60. The fraction of sp³-hybridized carbons (Fsp3) is 0.400. The normalized spacial score (nSPS) is 18.6. The Balaban J connectivity index is 2.03. The van der Waals surface area contributed by atoms with Crippen molar-refractivity contribution < 1.29 is 0 Å². The Bertz CT molecular complexity index is 609. The second kappa shape index (κ2) is 5.65. The molecular weight excluding hydrogens is 254 g/mol. The molecule has 3 rings (SSSR count). The lowest BCUT2D eigenvalue weighted by molar-refractivity contribution is 0.356. The van der Waals surface area contributed by atoms with Crippen molar-refractivity contribution >= 4 is 0 Å². The van der Waals surface area contributed by atoms with Gasteiger partial charge in [-0.2, -0.15) is 0 Å². The lowest BCUT2D eigenvalue weighted by Crippen LogP contribution is -2.36. The molecule has 0 amide bonds. The topological polar surface area (TPSA) is 26.0 Å². The van der Waals surface area contributed by atoms with E-state index in [2.05, 4.69) is 62.4 Å². The van der Waals surface area contributed by atoms with Crippen LogP contribution in [0.2, 0.25) is 0 Å². The first-order valence-corrected chi connectivity index (χ1v) is 8.02. The van der Waals surface area contributed by atoms with Crippen molar-refractivity contribution in [2.75, 3.05) is 0 Å². The Morgan fingerprint density at radius 1 is 0.905 bits per heavy atom. The smallest absolute Gasteiger partial charge is 0.0393 e. The van der Waals surface area contributed by atoms with Gasteiger partial charge in [0, 0.05) is 11.5 Å². The van der Waals surface area contributed by atoms with E-state index in [0.29, 0.717) is 0 Å². The Labute approximate surface area is 128 Å². The molecule has 1 aliphatic rings. The van der Waals surface area contributed by atoms with Crippen LogP contribution in [-0.4, -0.2) is 0 Å². The van der Waals surface area contributed by atoms with Crippen LogP contribution >= 0.6 is 0 Å². The molecule has 1 nitrogen and oxygen atoms in total. The predicted molar refractivity (Wildman–Crippen MR) is 89.4 cm³/mol. The number of hydrogen-bond acceptors (Lipinski definition) is 1. The minimum absolute atomic E-state index is 0.0849. The number of aryl methyl sites for hydroxylation is 2. The summed E-state index contributed by atoms with van der Waals surface area (Å²) in [5.41, 5.74) is 12.3. The van der Waals surface area contributed by atoms with Gasteiger partial charge in [-0.25, -0.2) is 0 Å². The molecule has 0 heterocycles. The van der Waals surface area contributed by atoms with Gasteiger partial charge < -0.3 is 5.73 Å². The lowest BCUT2D eigenvalue weighted by Gasteiger charge is -2.36. The molecule has 110 valence electrons. The van der Waals surface area contributed by atoms with E-state index in [4.69, 9.17) is 5.73 Å². The minimum Gasteiger partial charge on any atom is -0.323 e. The van der Waals surface area contributed by atoms with E-state index in [1.54, 1.807) is 0 Å². The molecule has 1 aliphatic carbocycles. The predicted octanol–water partition coefficient (Wildman–Crippen LogP) is 4.82. The second-order valence-electron chi connectivity index (χ2n) is 6.55. The summed E-state index contributed by atoms with van der Waals surface area (Å²) in [6.45, 7) is 4.34. The van der Waals surface area contributed by atoms with Crippen LogP contribution in [0.25, 0.3) is 0 Å². The zero-order valence-corrected chi connectivity index (χ0v) is 13.1. The zero-order chi connectivity index (χ0) is 14.9. The zero-order valence-electron chi connectivity index (χ0n) is 13.1. The number of hydrogen-bond donors (Lipinski definition) is 1. The van der Waals surface area contributed by atoms with Gasteiger partial charge in [0.05, 0.1) is 0 Å². The largest absolute Gasteiger partial charge is 0.323 e. The van der Waals surface area contributed by atoms with Crippen LogP contribution < -0.4 is 5.73 Å². The SMILES string of the molecule is Cc1ccc(C(N)C2(c3ccccc3)CCCC2)cc1C. The van der Waals surface area contributed by atoms with E-state index in [9.17, 15) is 0 Å². The molecule has 21 heavy (non-hydrogen) atoms. The van der Waals surface area contributed by atoms with Gasteiger partial charge in [0.1, 0.15) is 0 Å². The third-order valence-electron chi connectivity index (χ3n) is 5.33. The molecule has 0 radical (unpaired) electrons. The third-order valence-corrected chi connectivity index (χ3v) is 5.33. The van der Waals surface area contributed by atoms with Gasteiger partial charge in [-0.15, -0.1) is 0 Å². The summed E-state index contributed by atoms with van der Waals surface area (Å²) in [6, 6.07) is 17.7. The fourth-order valence-electron chi connectivity index (χ4n) is 3.83. The molecule has 1 saturated carbocycles. The molecule has 1 unspecified atom stereocenters. The molecule has 0 aromatic heterocycles. The maximum Gasteiger partial charge on any atom is 0.0393 e. The minimum atomic E-state index is 0.0849. The highest BCUT2D eigenvalue weighted by molar-refractivity contribution is 5.37. The highest BCUT2D eigenvalue weighted by atomic mass is 14.7. The maximum absolute atomic E-state index is 6.79. The van der Waals surface area contributed by atoms with E-state index in [0.717, 1.165) is 0 Å². The van der Waals surface area contributed by atoms with E-state index in [1.165, 1.54) is 47.9 Å². The maximum atomic E-state index is 6.79. The summed E-state index contributed by atoms with van der Waals surface area (Å²) >= 11 is 0. The summed E-state index contributed by atoms with van der Waals surface area (Å²) in [6.07, 6.45) is 4.97. The summed E-state index contributed by atoms with van der Waals surface area (Å²) < 4.78 is 0. The van der Waals surface area contributed by atoms with Crippen molar-refractivity contribution in [1.82, 2.24) is 0 Å². The fourth-order valence-corrected chi connectivity index (χ4v) is 3.83. The average molecular weight is 279 g/mol. The van der Waals surface area contributed by atoms with Crippen molar-refractivity contribution in [3.63, 3.8) is 0 Å². The molecule has 2 aromatic carbocycles. The third kappa shape index (κ3) is 2.51. The standard InChI is InChI=1S/C20H25N/c1-15-10-11-17(14-16(15)2)19(21)20(12-6-7-13-20)18-8-4-3-5-9-18/h3-5,8-11,14,19H,6-7,12-13,21H2,1-2H3. The van der Waals surface area contributed by atoms with E-state index in [1.807, 2.05) is 0 Å². The molecule has 1 fully saturated rings. The second-order valence-corrected chi connectivity index (χ2v) is 6.55.